The summed E-state index contributed by atoms with van der Waals surface area (Å²) in [5.41, 5.74) is -0.696. The highest BCUT2D eigenvalue weighted by Gasteiger charge is 2.31. The second-order valence-corrected chi connectivity index (χ2v) is 10.4. The molecule has 1 N–H and O–H groups in total. The summed E-state index contributed by atoms with van der Waals surface area (Å²) in [6.45, 7) is 5.79. The zero-order valence-electron chi connectivity index (χ0n) is 19.2. The number of rotatable bonds is 5. The highest BCUT2D eigenvalue weighted by Crippen LogP contribution is 2.38. The van der Waals surface area contributed by atoms with Gasteiger partial charge in [0.15, 0.2) is 5.65 Å². The number of carbonyl (C=O) groups is 1. The Bertz CT molecular complexity index is 1350. The van der Waals surface area contributed by atoms with E-state index in [4.69, 9.17) is 0 Å². The third-order valence-electron chi connectivity index (χ3n) is 5.50. The van der Waals surface area contributed by atoms with Crippen LogP contribution in [-0.4, -0.2) is 31.1 Å². The molecule has 0 bridgehead atoms. The molecule has 0 aliphatic heterocycles. The van der Waals surface area contributed by atoms with Gasteiger partial charge in [0.2, 0.25) is 5.91 Å². The molecular formula is C23H26FN5O3S. The minimum absolute atomic E-state index is 0.127. The van der Waals surface area contributed by atoms with E-state index in [0.29, 0.717) is 16.4 Å². The van der Waals surface area contributed by atoms with Crippen molar-refractivity contribution in [2.24, 2.45) is 14.1 Å². The van der Waals surface area contributed by atoms with Gasteiger partial charge in [0.25, 0.3) is 5.56 Å². The lowest BCUT2D eigenvalue weighted by Crippen LogP contribution is -2.38. The molecule has 33 heavy (non-hydrogen) atoms. The van der Waals surface area contributed by atoms with Gasteiger partial charge in [-0.15, -0.1) is 0 Å². The number of benzene rings is 1. The Kier molecular flexibility index (Phi) is 5.90. The molecule has 2 aromatic heterocycles. The van der Waals surface area contributed by atoms with Crippen LogP contribution in [0.3, 0.4) is 0 Å². The minimum atomic E-state index is -0.765. The molecule has 1 aliphatic rings. The molecule has 8 nitrogen and oxygen atoms in total. The predicted octanol–water partition coefficient (Wildman–Crippen LogP) is 2.58. The van der Waals surface area contributed by atoms with E-state index in [1.54, 1.807) is 19.2 Å². The summed E-state index contributed by atoms with van der Waals surface area (Å²) in [5, 5.41) is 2.70. The van der Waals surface area contributed by atoms with Gasteiger partial charge in [0.05, 0.1) is 0 Å². The van der Waals surface area contributed by atoms with Crippen LogP contribution in [0.1, 0.15) is 50.3 Å². The first-order valence-electron chi connectivity index (χ1n) is 10.7. The predicted molar refractivity (Wildman–Crippen MR) is 125 cm³/mol. The normalized spacial score (nSPS) is 15.0. The molecule has 1 atom stereocenters. The number of hydrogen-bond acceptors (Lipinski definition) is 6. The molecule has 1 fully saturated rings. The van der Waals surface area contributed by atoms with Gasteiger partial charge < -0.3 is 5.32 Å². The minimum Gasteiger partial charge on any atom is -0.352 e. The number of carbonyl (C=O) groups excluding carboxylic acids is 1. The number of hydrogen-bond donors (Lipinski definition) is 1. The van der Waals surface area contributed by atoms with Gasteiger partial charge in [0.1, 0.15) is 27.3 Å². The summed E-state index contributed by atoms with van der Waals surface area (Å²) >= 11 is 1.11. The van der Waals surface area contributed by atoms with E-state index in [1.165, 1.54) is 23.7 Å². The summed E-state index contributed by atoms with van der Waals surface area (Å²) in [7, 11) is 2.95. The molecule has 1 unspecified atom stereocenters. The Morgan fingerprint density at radius 2 is 1.76 bits per heavy atom. The van der Waals surface area contributed by atoms with Crippen LogP contribution in [0, 0.1) is 5.82 Å². The second kappa shape index (κ2) is 8.40. The molecule has 0 radical (unpaired) electrons. The molecule has 2 heterocycles. The topological polar surface area (TPSA) is 98.9 Å². The lowest BCUT2D eigenvalue weighted by Gasteiger charge is -2.21. The van der Waals surface area contributed by atoms with Gasteiger partial charge in [-0.05, 0) is 30.5 Å². The molecule has 1 aliphatic carbocycles. The number of aromatic nitrogens is 4. The summed E-state index contributed by atoms with van der Waals surface area (Å²) in [6.07, 6.45) is 1.83. The number of aryl methyl sites for hydroxylation is 1. The first-order chi connectivity index (χ1) is 15.5. The maximum atomic E-state index is 13.6. The molecule has 0 spiro atoms. The Labute approximate surface area is 194 Å². The zero-order valence-corrected chi connectivity index (χ0v) is 20.0. The van der Waals surface area contributed by atoms with E-state index in [-0.39, 0.29) is 23.0 Å². The van der Waals surface area contributed by atoms with Crippen LogP contribution in [0.2, 0.25) is 0 Å². The van der Waals surface area contributed by atoms with Crippen molar-refractivity contribution in [2.75, 3.05) is 0 Å². The van der Waals surface area contributed by atoms with E-state index in [0.717, 1.165) is 29.2 Å². The fourth-order valence-corrected chi connectivity index (χ4v) is 4.50. The van der Waals surface area contributed by atoms with Gasteiger partial charge in [0, 0.05) is 25.6 Å². The monoisotopic (exact) mass is 471 g/mol. The SMILES string of the molecule is Cn1c(=O)c2c(SC(C(=O)NC3CC3)c3ccc(F)cc3)nc(C(C)(C)C)nc2n(C)c1=O. The van der Waals surface area contributed by atoms with Gasteiger partial charge in [-0.1, -0.05) is 44.7 Å². The summed E-state index contributed by atoms with van der Waals surface area (Å²) < 4.78 is 15.9. The van der Waals surface area contributed by atoms with Gasteiger partial charge in [-0.3, -0.25) is 18.7 Å². The third kappa shape index (κ3) is 4.57. The summed E-state index contributed by atoms with van der Waals surface area (Å²) in [5.74, 6) is -0.197. The maximum absolute atomic E-state index is 13.6. The molecule has 4 rings (SSSR count). The Morgan fingerprint density at radius 1 is 1.12 bits per heavy atom. The standard InChI is InChI=1S/C23H26FN5O3S/c1-23(2,3)21-26-17-15(20(31)29(5)22(32)28(17)4)19(27-21)33-16(18(30)25-14-10-11-14)12-6-8-13(24)9-7-12/h6-9,14,16H,10-11H2,1-5H3,(H,25,30). The number of nitrogens with zero attached hydrogens (tertiary/aromatic N) is 4. The fraction of sp³-hybridized carbons (Fsp3) is 0.435. The molecule has 174 valence electrons. The van der Waals surface area contributed by atoms with E-state index in [9.17, 15) is 18.8 Å². The van der Waals surface area contributed by atoms with Crippen molar-refractivity contribution in [1.29, 1.82) is 0 Å². The maximum Gasteiger partial charge on any atom is 0.332 e. The smallest absolute Gasteiger partial charge is 0.332 e. The van der Waals surface area contributed by atoms with Crippen LogP contribution in [0.4, 0.5) is 4.39 Å². The van der Waals surface area contributed by atoms with Gasteiger partial charge in [-0.2, -0.15) is 0 Å². The van der Waals surface area contributed by atoms with Crippen molar-refractivity contribution in [3.8, 4) is 0 Å². The largest absolute Gasteiger partial charge is 0.352 e. The number of halogens is 1. The van der Waals surface area contributed by atoms with E-state index in [1.807, 2.05) is 20.8 Å². The van der Waals surface area contributed by atoms with Crippen molar-refractivity contribution in [1.82, 2.24) is 24.4 Å². The number of thioether (sulfide) groups is 1. The van der Waals surface area contributed by atoms with E-state index < -0.39 is 27.7 Å². The van der Waals surface area contributed by atoms with Crippen molar-refractivity contribution >= 4 is 28.7 Å². The molecule has 3 aromatic rings. The molecule has 1 amide bonds. The quantitative estimate of drug-likeness (QED) is 0.454. The average molecular weight is 472 g/mol. The van der Waals surface area contributed by atoms with Gasteiger partial charge >= 0.3 is 5.69 Å². The zero-order chi connectivity index (χ0) is 24.1. The molecular weight excluding hydrogens is 445 g/mol. The first-order valence-corrected chi connectivity index (χ1v) is 11.6. The van der Waals surface area contributed by atoms with Crippen molar-refractivity contribution < 1.29 is 9.18 Å². The van der Waals surface area contributed by atoms with Crippen LogP contribution >= 0.6 is 11.8 Å². The van der Waals surface area contributed by atoms with E-state index >= 15 is 0 Å². The number of amides is 1. The number of fused-ring (bicyclic) bond motifs is 1. The van der Waals surface area contributed by atoms with Crippen molar-refractivity contribution in [3.05, 3.63) is 62.3 Å². The molecule has 1 aromatic carbocycles. The fourth-order valence-electron chi connectivity index (χ4n) is 3.38. The lowest BCUT2D eigenvalue weighted by atomic mass is 9.96. The van der Waals surface area contributed by atoms with Crippen LogP contribution in [0.5, 0.6) is 0 Å². The Balaban J connectivity index is 1.93. The number of nitrogens with one attached hydrogen (secondary N) is 1. The van der Waals surface area contributed by atoms with Crippen LogP contribution in [-0.2, 0) is 24.3 Å². The molecule has 10 heteroatoms. The van der Waals surface area contributed by atoms with Crippen molar-refractivity contribution in [3.63, 3.8) is 0 Å². The highest BCUT2D eigenvalue weighted by atomic mass is 32.2. The van der Waals surface area contributed by atoms with Crippen LogP contribution < -0.4 is 16.6 Å². The Hall–Kier alpha value is -3.01. The second-order valence-electron chi connectivity index (χ2n) is 9.34. The molecule has 1 saturated carbocycles. The lowest BCUT2D eigenvalue weighted by molar-refractivity contribution is -0.120. The van der Waals surface area contributed by atoms with Gasteiger partial charge in [-0.25, -0.2) is 19.2 Å². The van der Waals surface area contributed by atoms with E-state index in [2.05, 4.69) is 15.3 Å². The third-order valence-corrected chi connectivity index (χ3v) is 6.74. The molecule has 0 saturated heterocycles. The summed E-state index contributed by atoms with van der Waals surface area (Å²) in [4.78, 5) is 48.0. The Morgan fingerprint density at radius 3 is 2.33 bits per heavy atom. The first kappa shape index (κ1) is 23.2. The average Bonchev–Trinajstić information content (AvgIpc) is 3.58. The summed E-state index contributed by atoms with van der Waals surface area (Å²) in [6, 6.07) is 5.84. The van der Waals surface area contributed by atoms with Crippen molar-refractivity contribution in [2.45, 2.75) is 55.3 Å². The highest BCUT2D eigenvalue weighted by molar-refractivity contribution is 8.00. The van der Waals surface area contributed by atoms with Crippen LogP contribution in [0.15, 0.2) is 38.9 Å². The van der Waals surface area contributed by atoms with Crippen LogP contribution in [0.25, 0.3) is 11.0 Å².